The molecule has 7 heteroatoms. The molecule has 1 amide bonds. The van der Waals surface area contributed by atoms with Crippen molar-refractivity contribution < 1.29 is 13.9 Å². The van der Waals surface area contributed by atoms with Crippen LogP contribution in [0.3, 0.4) is 0 Å². The number of hydrogen-bond donors (Lipinski definition) is 0. The number of hydrogen-bond acceptors (Lipinski definition) is 4. The van der Waals surface area contributed by atoms with Crippen molar-refractivity contribution in [1.82, 2.24) is 9.88 Å². The maximum atomic E-state index is 14.0. The third-order valence-corrected chi connectivity index (χ3v) is 5.99. The molecule has 0 aliphatic carbocycles. The van der Waals surface area contributed by atoms with E-state index in [1.165, 1.54) is 6.07 Å². The van der Waals surface area contributed by atoms with Crippen LogP contribution in [0.2, 0.25) is 5.02 Å². The van der Waals surface area contributed by atoms with Crippen molar-refractivity contribution in [3.05, 3.63) is 52.6 Å². The summed E-state index contributed by atoms with van der Waals surface area (Å²) >= 11 is 5.84. The lowest BCUT2D eigenvalue weighted by Gasteiger charge is -2.42. The molecule has 154 valence electrons. The molecular formula is C22H25ClFN3O2. The average molecular weight is 418 g/mol. The number of fused-ring (bicyclic) bond motifs is 1. The van der Waals surface area contributed by atoms with Crippen molar-refractivity contribution >= 4 is 28.9 Å². The number of rotatable bonds is 2. The van der Waals surface area contributed by atoms with Gasteiger partial charge in [-0.3, -0.25) is 4.79 Å². The zero-order valence-electron chi connectivity index (χ0n) is 17.1. The fourth-order valence-corrected chi connectivity index (χ4v) is 4.22. The minimum atomic E-state index is -0.454. The van der Waals surface area contributed by atoms with E-state index in [0.29, 0.717) is 37.7 Å². The van der Waals surface area contributed by atoms with Crippen molar-refractivity contribution in [3.8, 4) is 0 Å². The molecule has 0 bridgehead atoms. The summed E-state index contributed by atoms with van der Waals surface area (Å²) in [6.07, 6.45) is 0. The average Bonchev–Trinajstić information content (AvgIpc) is 2.94. The molecule has 0 spiro atoms. The van der Waals surface area contributed by atoms with Crippen molar-refractivity contribution in [3.63, 3.8) is 0 Å². The van der Waals surface area contributed by atoms with E-state index in [4.69, 9.17) is 21.3 Å². The summed E-state index contributed by atoms with van der Waals surface area (Å²) in [4.78, 5) is 21.8. The molecule has 0 saturated carbocycles. The van der Waals surface area contributed by atoms with E-state index in [9.17, 15) is 9.18 Å². The molecular weight excluding hydrogens is 393 g/mol. The second-order valence-corrected chi connectivity index (χ2v) is 9.36. The molecule has 29 heavy (non-hydrogen) atoms. The van der Waals surface area contributed by atoms with Crippen LogP contribution in [0.15, 0.2) is 30.3 Å². The fraction of sp³-hybridized carbons (Fsp3) is 0.455. The number of benzene rings is 1. The van der Waals surface area contributed by atoms with E-state index in [1.54, 1.807) is 18.2 Å². The van der Waals surface area contributed by atoms with E-state index in [0.717, 1.165) is 11.4 Å². The van der Waals surface area contributed by atoms with Crippen molar-refractivity contribution in [2.24, 2.45) is 0 Å². The Labute approximate surface area is 175 Å². The number of nitrogens with zero attached hydrogens (tertiary/aromatic N) is 3. The predicted molar refractivity (Wildman–Crippen MR) is 112 cm³/mol. The first-order valence-electron chi connectivity index (χ1n) is 9.74. The van der Waals surface area contributed by atoms with Crippen molar-refractivity contribution in [1.29, 1.82) is 0 Å². The van der Waals surface area contributed by atoms with Crippen LogP contribution in [-0.4, -0.2) is 47.6 Å². The molecule has 0 radical (unpaired) electrons. The highest BCUT2D eigenvalue weighted by atomic mass is 35.5. The monoisotopic (exact) mass is 417 g/mol. The largest absolute Gasteiger partial charge is 0.377 e. The highest BCUT2D eigenvalue weighted by Gasteiger charge is 2.40. The first kappa shape index (κ1) is 20.1. The SMILES string of the molecule is CC1(C)CN(c2ccc(Cl)c(F)c2)c2ccc(C(=O)N3CCOCC3(C)C)nc21. The van der Waals surface area contributed by atoms with Gasteiger partial charge in [-0.25, -0.2) is 9.37 Å². The van der Waals surface area contributed by atoms with Crippen LogP contribution in [0, 0.1) is 5.82 Å². The Kier molecular flexibility index (Phi) is 4.82. The molecule has 3 heterocycles. The topological polar surface area (TPSA) is 45.7 Å². The lowest BCUT2D eigenvalue weighted by molar-refractivity contribution is -0.0373. The first-order chi connectivity index (χ1) is 13.6. The summed E-state index contributed by atoms with van der Waals surface area (Å²) < 4.78 is 19.5. The van der Waals surface area contributed by atoms with Gasteiger partial charge < -0.3 is 14.5 Å². The quantitative estimate of drug-likeness (QED) is 0.718. The number of ether oxygens (including phenoxy) is 1. The third kappa shape index (κ3) is 3.49. The Balaban J connectivity index is 1.71. The van der Waals surface area contributed by atoms with Crippen LogP contribution in [-0.2, 0) is 10.2 Å². The minimum Gasteiger partial charge on any atom is -0.377 e. The molecule has 0 atom stereocenters. The Morgan fingerprint density at radius 3 is 2.66 bits per heavy atom. The molecule has 0 unspecified atom stereocenters. The smallest absolute Gasteiger partial charge is 0.273 e. The lowest BCUT2D eigenvalue weighted by Crippen LogP contribution is -2.55. The maximum absolute atomic E-state index is 14.0. The van der Waals surface area contributed by atoms with E-state index in [2.05, 4.69) is 13.8 Å². The summed E-state index contributed by atoms with van der Waals surface area (Å²) in [7, 11) is 0. The van der Waals surface area contributed by atoms with Gasteiger partial charge in [-0.2, -0.15) is 0 Å². The van der Waals surface area contributed by atoms with Crippen LogP contribution in [0.4, 0.5) is 15.8 Å². The molecule has 2 aliphatic rings. The highest BCUT2D eigenvalue weighted by Crippen LogP contribution is 2.43. The number of carbonyl (C=O) groups excluding carboxylic acids is 1. The van der Waals surface area contributed by atoms with Gasteiger partial charge in [0.2, 0.25) is 0 Å². The molecule has 2 aliphatic heterocycles. The second-order valence-electron chi connectivity index (χ2n) is 8.95. The summed E-state index contributed by atoms with van der Waals surface area (Å²) in [6, 6.07) is 8.45. The zero-order valence-corrected chi connectivity index (χ0v) is 17.9. The molecule has 1 saturated heterocycles. The number of pyridine rings is 1. The molecule has 1 aromatic heterocycles. The predicted octanol–water partition coefficient (Wildman–Crippen LogP) is 4.55. The first-order valence-corrected chi connectivity index (χ1v) is 10.1. The van der Waals surface area contributed by atoms with Crippen LogP contribution in [0.1, 0.15) is 43.9 Å². The van der Waals surface area contributed by atoms with Gasteiger partial charge in [0.15, 0.2) is 0 Å². The maximum Gasteiger partial charge on any atom is 0.273 e. The van der Waals surface area contributed by atoms with Gasteiger partial charge in [0.1, 0.15) is 11.5 Å². The number of morpholine rings is 1. The summed E-state index contributed by atoms with van der Waals surface area (Å²) in [5.41, 5.74) is 2.20. The summed E-state index contributed by atoms with van der Waals surface area (Å²) in [5, 5.41) is 0.0969. The van der Waals surface area contributed by atoms with E-state index < -0.39 is 5.82 Å². The van der Waals surface area contributed by atoms with Crippen molar-refractivity contribution in [2.75, 3.05) is 31.2 Å². The van der Waals surface area contributed by atoms with Gasteiger partial charge in [0.05, 0.1) is 35.2 Å². The number of anilines is 2. The molecule has 0 N–H and O–H groups in total. The molecule has 2 aromatic rings. The second kappa shape index (κ2) is 6.96. The molecule has 4 rings (SSSR count). The molecule has 1 fully saturated rings. The molecule has 1 aromatic carbocycles. The minimum absolute atomic E-state index is 0.0899. The van der Waals surface area contributed by atoms with E-state index >= 15 is 0 Å². The number of halogens is 2. The van der Waals surface area contributed by atoms with E-state index in [-0.39, 0.29) is 21.9 Å². The van der Waals surface area contributed by atoms with Gasteiger partial charge in [-0.05, 0) is 44.2 Å². The lowest BCUT2D eigenvalue weighted by atomic mass is 9.91. The Bertz CT molecular complexity index is 977. The zero-order chi connectivity index (χ0) is 21.0. The number of aromatic nitrogens is 1. The van der Waals surface area contributed by atoms with Crippen LogP contribution >= 0.6 is 11.6 Å². The Morgan fingerprint density at radius 2 is 1.97 bits per heavy atom. The van der Waals surface area contributed by atoms with Crippen LogP contribution in [0.25, 0.3) is 0 Å². The number of amides is 1. The third-order valence-electron chi connectivity index (χ3n) is 5.68. The summed E-state index contributed by atoms with van der Waals surface area (Å²) in [5.74, 6) is -0.544. The van der Waals surface area contributed by atoms with Gasteiger partial charge in [-0.15, -0.1) is 0 Å². The van der Waals surface area contributed by atoms with Gasteiger partial charge >= 0.3 is 0 Å². The van der Waals surface area contributed by atoms with E-state index in [1.807, 2.05) is 29.7 Å². The standard InChI is InChI=1S/C22H25ClFN3O2/c1-21(2)12-26(14-5-6-15(23)16(24)11-14)18-8-7-17(25-19(18)21)20(28)27-9-10-29-13-22(27,3)4/h5-8,11H,9-10,12-13H2,1-4H3. The Hall–Kier alpha value is -2.18. The highest BCUT2D eigenvalue weighted by molar-refractivity contribution is 6.30. The summed E-state index contributed by atoms with van der Waals surface area (Å²) in [6.45, 7) is 10.4. The fourth-order valence-electron chi connectivity index (χ4n) is 4.10. The van der Waals surface area contributed by atoms with Crippen molar-refractivity contribution in [2.45, 2.75) is 38.6 Å². The normalized spacial score (nSPS) is 19.9. The van der Waals surface area contributed by atoms with Gasteiger partial charge in [0, 0.05) is 24.2 Å². The van der Waals surface area contributed by atoms with Gasteiger partial charge in [0.25, 0.3) is 5.91 Å². The van der Waals surface area contributed by atoms with Crippen LogP contribution < -0.4 is 4.90 Å². The van der Waals surface area contributed by atoms with Crippen LogP contribution in [0.5, 0.6) is 0 Å². The number of carbonyl (C=O) groups is 1. The molecule has 5 nitrogen and oxygen atoms in total. The Morgan fingerprint density at radius 1 is 1.21 bits per heavy atom. The van der Waals surface area contributed by atoms with Gasteiger partial charge in [-0.1, -0.05) is 25.4 Å².